The molecule has 0 aliphatic carbocycles. The molecule has 0 unspecified atom stereocenters. The quantitative estimate of drug-likeness (QED) is 0.876. The highest BCUT2D eigenvalue weighted by Gasteiger charge is 2.25. The average Bonchev–Trinajstić information content (AvgIpc) is 2.96. The smallest absolute Gasteiger partial charge is 0.225 e. The summed E-state index contributed by atoms with van der Waals surface area (Å²) in [4.78, 5) is 26.1. The van der Waals surface area contributed by atoms with Crippen molar-refractivity contribution in [3.63, 3.8) is 0 Å². The first kappa shape index (κ1) is 18.9. The van der Waals surface area contributed by atoms with Gasteiger partial charge in [0.1, 0.15) is 0 Å². The third-order valence-electron chi connectivity index (χ3n) is 5.43. The molecule has 0 saturated carbocycles. The fourth-order valence-corrected chi connectivity index (χ4v) is 3.76. The molecule has 0 aromatic carbocycles. The maximum absolute atomic E-state index is 12.2. The van der Waals surface area contributed by atoms with Gasteiger partial charge in [-0.05, 0) is 31.6 Å². The van der Waals surface area contributed by atoms with E-state index < -0.39 is 0 Å². The molecule has 144 valence electrons. The Labute approximate surface area is 157 Å². The highest BCUT2D eigenvalue weighted by molar-refractivity contribution is 5.79. The topological polar surface area (TPSA) is 61.4 Å². The number of carbonyl (C=O) groups is 1. The maximum atomic E-state index is 12.2. The van der Waals surface area contributed by atoms with Crippen molar-refractivity contribution in [1.82, 2.24) is 15.3 Å². The fourth-order valence-electron chi connectivity index (χ4n) is 3.76. The number of piperidine rings is 1. The van der Waals surface area contributed by atoms with Crippen molar-refractivity contribution in [3.05, 3.63) is 12.4 Å². The van der Waals surface area contributed by atoms with E-state index in [-0.39, 0.29) is 11.8 Å². The third kappa shape index (κ3) is 5.08. The maximum Gasteiger partial charge on any atom is 0.225 e. The van der Waals surface area contributed by atoms with E-state index in [1.807, 2.05) is 12.4 Å². The van der Waals surface area contributed by atoms with Gasteiger partial charge in [-0.1, -0.05) is 26.7 Å². The molecular formula is C20H33N5O. The fraction of sp³-hybridized carbons (Fsp3) is 0.750. The molecule has 0 radical (unpaired) electrons. The molecule has 3 rings (SSSR count). The molecule has 3 heterocycles. The van der Waals surface area contributed by atoms with Gasteiger partial charge in [0.2, 0.25) is 11.9 Å². The first-order chi connectivity index (χ1) is 12.6. The van der Waals surface area contributed by atoms with Gasteiger partial charge in [0.25, 0.3) is 0 Å². The first-order valence-electron chi connectivity index (χ1n) is 10.2. The SMILES string of the molecule is CC(C)CNC(=O)C1CCN(c2cnc(N3CCCCCC3)nc2)CC1. The van der Waals surface area contributed by atoms with E-state index in [0.717, 1.165) is 57.2 Å². The van der Waals surface area contributed by atoms with E-state index >= 15 is 0 Å². The number of carbonyl (C=O) groups excluding carboxylic acids is 1. The summed E-state index contributed by atoms with van der Waals surface area (Å²) in [6.07, 6.45) is 10.8. The molecule has 0 atom stereocenters. The van der Waals surface area contributed by atoms with Crippen molar-refractivity contribution in [2.24, 2.45) is 11.8 Å². The second-order valence-electron chi connectivity index (χ2n) is 8.04. The molecule has 6 nitrogen and oxygen atoms in total. The van der Waals surface area contributed by atoms with E-state index in [1.54, 1.807) is 0 Å². The molecule has 2 fully saturated rings. The number of nitrogens with zero attached hydrogens (tertiary/aromatic N) is 4. The number of aromatic nitrogens is 2. The predicted molar refractivity (Wildman–Crippen MR) is 105 cm³/mol. The molecule has 0 spiro atoms. The van der Waals surface area contributed by atoms with Gasteiger partial charge in [-0.25, -0.2) is 9.97 Å². The number of hydrogen-bond acceptors (Lipinski definition) is 5. The second kappa shape index (κ2) is 9.19. The van der Waals surface area contributed by atoms with Gasteiger partial charge in [0.05, 0.1) is 18.1 Å². The lowest BCUT2D eigenvalue weighted by Crippen LogP contribution is -2.41. The summed E-state index contributed by atoms with van der Waals surface area (Å²) in [6, 6.07) is 0. The lowest BCUT2D eigenvalue weighted by atomic mass is 9.95. The predicted octanol–water partition coefficient (Wildman–Crippen LogP) is 2.85. The number of nitrogens with one attached hydrogen (secondary N) is 1. The number of amides is 1. The Morgan fingerprint density at radius 1 is 1.04 bits per heavy atom. The third-order valence-corrected chi connectivity index (χ3v) is 5.43. The summed E-state index contributed by atoms with van der Waals surface area (Å²) >= 11 is 0. The Hall–Kier alpha value is -1.85. The molecule has 2 aliphatic heterocycles. The van der Waals surface area contributed by atoms with Crippen molar-refractivity contribution in [2.45, 2.75) is 52.4 Å². The first-order valence-corrected chi connectivity index (χ1v) is 10.2. The summed E-state index contributed by atoms with van der Waals surface area (Å²) < 4.78 is 0. The standard InChI is InChI=1S/C20H33N5O/c1-16(2)13-21-19(26)17-7-11-24(12-8-17)18-14-22-20(23-15-18)25-9-5-3-4-6-10-25/h14-17H,3-13H2,1-2H3,(H,21,26). The molecule has 0 bridgehead atoms. The van der Waals surface area contributed by atoms with Crippen molar-refractivity contribution < 1.29 is 4.79 Å². The zero-order valence-corrected chi connectivity index (χ0v) is 16.3. The minimum atomic E-state index is 0.141. The number of anilines is 2. The minimum absolute atomic E-state index is 0.141. The average molecular weight is 360 g/mol. The van der Waals surface area contributed by atoms with Crippen LogP contribution in [0.25, 0.3) is 0 Å². The van der Waals surface area contributed by atoms with Crippen molar-refractivity contribution in [3.8, 4) is 0 Å². The zero-order chi connectivity index (χ0) is 18.4. The van der Waals surface area contributed by atoms with Crippen molar-refractivity contribution >= 4 is 17.5 Å². The number of rotatable bonds is 5. The molecular weight excluding hydrogens is 326 g/mol. The molecule has 2 aliphatic rings. The van der Waals surface area contributed by atoms with Crippen LogP contribution in [0.3, 0.4) is 0 Å². The molecule has 1 aromatic rings. The van der Waals surface area contributed by atoms with E-state index in [1.165, 1.54) is 25.7 Å². The Bertz CT molecular complexity index is 558. The van der Waals surface area contributed by atoms with Crippen LogP contribution in [0, 0.1) is 11.8 Å². The molecule has 6 heteroatoms. The highest BCUT2D eigenvalue weighted by atomic mass is 16.1. The zero-order valence-electron chi connectivity index (χ0n) is 16.3. The Morgan fingerprint density at radius 3 is 2.23 bits per heavy atom. The van der Waals surface area contributed by atoms with E-state index in [0.29, 0.717) is 5.92 Å². The highest BCUT2D eigenvalue weighted by Crippen LogP contribution is 2.24. The van der Waals surface area contributed by atoms with Crippen LogP contribution in [-0.2, 0) is 4.79 Å². The van der Waals surface area contributed by atoms with Crippen LogP contribution < -0.4 is 15.1 Å². The van der Waals surface area contributed by atoms with Gasteiger partial charge < -0.3 is 15.1 Å². The van der Waals surface area contributed by atoms with E-state index in [4.69, 9.17) is 0 Å². The Kier molecular flexibility index (Phi) is 6.69. The summed E-state index contributed by atoms with van der Waals surface area (Å²) in [7, 11) is 0. The second-order valence-corrected chi connectivity index (χ2v) is 8.04. The summed E-state index contributed by atoms with van der Waals surface area (Å²) in [5.74, 6) is 1.71. The van der Waals surface area contributed by atoms with Crippen LogP contribution in [0.1, 0.15) is 52.4 Å². The summed E-state index contributed by atoms with van der Waals surface area (Å²) in [5, 5.41) is 3.07. The van der Waals surface area contributed by atoms with Crippen LogP contribution in [0.2, 0.25) is 0 Å². The van der Waals surface area contributed by atoms with Crippen LogP contribution in [0.15, 0.2) is 12.4 Å². The summed E-state index contributed by atoms with van der Waals surface area (Å²) in [5.41, 5.74) is 1.07. The molecule has 1 amide bonds. The monoisotopic (exact) mass is 359 g/mol. The molecule has 2 saturated heterocycles. The van der Waals surface area contributed by atoms with Crippen molar-refractivity contribution in [1.29, 1.82) is 0 Å². The van der Waals surface area contributed by atoms with Gasteiger partial charge in [-0.2, -0.15) is 0 Å². The van der Waals surface area contributed by atoms with Crippen molar-refractivity contribution in [2.75, 3.05) is 42.5 Å². The van der Waals surface area contributed by atoms with Crippen LogP contribution >= 0.6 is 0 Å². The lowest BCUT2D eigenvalue weighted by molar-refractivity contribution is -0.125. The molecule has 26 heavy (non-hydrogen) atoms. The largest absolute Gasteiger partial charge is 0.369 e. The van der Waals surface area contributed by atoms with E-state index in [9.17, 15) is 4.79 Å². The normalized spacial score (nSPS) is 19.5. The lowest BCUT2D eigenvalue weighted by Gasteiger charge is -2.33. The van der Waals surface area contributed by atoms with Gasteiger partial charge in [0, 0.05) is 38.6 Å². The van der Waals surface area contributed by atoms with Crippen LogP contribution in [0.5, 0.6) is 0 Å². The summed E-state index contributed by atoms with van der Waals surface area (Å²) in [6.45, 7) is 8.94. The van der Waals surface area contributed by atoms with Crippen LogP contribution in [-0.4, -0.2) is 48.6 Å². The van der Waals surface area contributed by atoms with Gasteiger partial charge >= 0.3 is 0 Å². The van der Waals surface area contributed by atoms with Gasteiger partial charge in [-0.3, -0.25) is 4.79 Å². The molecule has 1 N–H and O–H groups in total. The van der Waals surface area contributed by atoms with Gasteiger partial charge in [-0.15, -0.1) is 0 Å². The Morgan fingerprint density at radius 2 is 1.65 bits per heavy atom. The minimum Gasteiger partial charge on any atom is -0.369 e. The van der Waals surface area contributed by atoms with E-state index in [2.05, 4.69) is 38.9 Å². The van der Waals surface area contributed by atoms with Crippen LogP contribution in [0.4, 0.5) is 11.6 Å². The van der Waals surface area contributed by atoms with Gasteiger partial charge in [0.15, 0.2) is 0 Å². The molecule has 1 aromatic heterocycles. The Balaban J connectivity index is 1.50. The number of hydrogen-bond donors (Lipinski definition) is 1.